The summed E-state index contributed by atoms with van der Waals surface area (Å²) in [7, 11) is 0. The number of ether oxygens (including phenoxy) is 1. The van der Waals surface area contributed by atoms with Gasteiger partial charge in [0.15, 0.2) is 6.61 Å². The summed E-state index contributed by atoms with van der Waals surface area (Å²) in [6.45, 7) is -0.00911. The van der Waals surface area contributed by atoms with Crippen molar-refractivity contribution >= 4 is 23.4 Å². The molecule has 2 N–H and O–H groups in total. The summed E-state index contributed by atoms with van der Waals surface area (Å²) in [6.07, 6.45) is 4.55. The van der Waals surface area contributed by atoms with Gasteiger partial charge in [-0.05, 0) is 56.4 Å². The zero-order valence-electron chi connectivity index (χ0n) is 12.7. The van der Waals surface area contributed by atoms with E-state index in [-0.39, 0.29) is 35.4 Å². The van der Waals surface area contributed by atoms with Crippen LogP contribution in [0.2, 0.25) is 5.02 Å². The summed E-state index contributed by atoms with van der Waals surface area (Å²) in [6, 6.07) is 6.92. The molecular weight excluding hydrogens is 316 g/mol. The van der Waals surface area contributed by atoms with Crippen LogP contribution in [0.25, 0.3) is 0 Å². The van der Waals surface area contributed by atoms with Crippen LogP contribution in [-0.2, 0) is 9.59 Å². The summed E-state index contributed by atoms with van der Waals surface area (Å²) < 4.78 is 5.44. The summed E-state index contributed by atoms with van der Waals surface area (Å²) in [5.41, 5.74) is -0.179. The number of amides is 2. The highest BCUT2D eigenvalue weighted by Gasteiger charge is 2.69. The zero-order chi connectivity index (χ0) is 16.1. The van der Waals surface area contributed by atoms with Crippen LogP contribution in [0.5, 0.6) is 5.75 Å². The van der Waals surface area contributed by atoms with Crippen molar-refractivity contribution in [1.29, 1.82) is 0 Å². The number of nitrogens with one attached hydrogen (secondary N) is 2. The van der Waals surface area contributed by atoms with E-state index in [1.807, 2.05) is 0 Å². The van der Waals surface area contributed by atoms with Gasteiger partial charge in [0.25, 0.3) is 5.91 Å². The standard InChI is InChI=1S/C17H19ClN2O3/c18-12-3-5-13(6-4-12)23-7-14(21)19-16-8-17(9-16,10-16)20-15(22)11-1-2-11/h3-6,11H,1-2,7-10H2,(H,19,21)(H,20,22). The molecule has 1 aromatic carbocycles. The molecule has 1 aromatic rings. The average molecular weight is 335 g/mol. The Morgan fingerprint density at radius 2 is 1.70 bits per heavy atom. The first-order valence-electron chi connectivity index (χ1n) is 7.99. The second kappa shape index (κ2) is 5.13. The fourth-order valence-corrected chi connectivity index (χ4v) is 3.90. The Morgan fingerprint density at radius 1 is 1.09 bits per heavy atom. The van der Waals surface area contributed by atoms with Crippen LogP contribution >= 0.6 is 11.6 Å². The Balaban J connectivity index is 1.21. The van der Waals surface area contributed by atoms with Gasteiger partial charge >= 0.3 is 0 Å². The van der Waals surface area contributed by atoms with E-state index in [1.165, 1.54) is 0 Å². The minimum Gasteiger partial charge on any atom is -0.484 e. The van der Waals surface area contributed by atoms with E-state index in [2.05, 4.69) is 10.6 Å². The van der Waals surface area contributed by atoms with Crippen molar-refractivity contribution in [3.8, 4) is 5.75 Å². The molecule has 4 aliphatic carbocycles. The molecule has 0 radical (unpaired) electrons. The Labute approximate surface area is 139 Å². The van der Waals surface area contributed by atoms with Crippen molar-refractivity contribution < 1.29 is 14.3 Å². The SMILES string of the molecule is O=C(COc1ccc(Cl)cc1)NC12CC(NC(=O)C3CC3)(C1)C2. The summed E-state index contributed by atoms with van der Waals surface area (Å²) in [4.78, 5) is 23.8. The largest absolute Gasteiger partial charge is 0.484 e. The lowest BCUT2D eigenvalue weighted by atomic mass is 9.44. The van der Waals surface area contributed by atoms with Crippen LogP contribution in [0.1, 0.15) is 32.1 Å². The fraction of sp³-hybridized carbons (Fsp3) is 0.529. The molecule has 0 spiro atoms. The molecule has 0 aliphatic heterocycles. The molecule has 4 aliphatic rings. The molecule has 5 nitrogen and oxygen atoms in total. The minimum absolute atomic E-state index is 0.00911. The van der Waals surface area contributed by atoms with E-state index in [9.17, 15) is 9.59 Å². The lowest BCUT2D eigenvalue weighted by Crippen LogP contribution is -2.84. The lowest BCUT2D eigenvalue weighted by Gasteiger charge is -2.70. The lowest BCUT2D eigenvalue weighted by molar-refractivity contribution is -0.151. The maximum Gasteiger partial charge on any atom is 0.258 e. The van der Waals surface area contributed by atoms with Crippen molar-refractivity contribution in [2.45, 2.75) is 43.2 Å². The van der Waals surface area contributed by atoms with Crippen molar-refractivity contribution in [3.63, 3.8) is 0 Å². The molecule has 5 rings (SSSR count). The van der Waals surface area contributed by atoms with Gasteiger partial charge in [-0.25, -0.2) is 0 Å². The topological polar surface area (TPSA) is 67.4 Å². The van der Waals surface area contributed by atoms with Crippen molar-refractivity contribution in [2.75, 3.05) is 6.61 Å². The quantitative estimate of drug-likeness (QED) is 0.836. The van der Waals surface area contributed by atoms with Gasteiger partial charge in [-0.3, -0.25) is 9.59 Å². The molecule has 4 saturated carbocycles. The Hall–Kier alpha value is -1.75. The van der Waals surface area contributed by atoms with Gasteiger partial charge in [0.05, 0.1) is 0 Å². The molecule has 2 amide bonds. The van der Waals surface area contributed by atoms with Gasteiger partial charge in [-0.15, -0.1) is 0 Å². The summed E-state index contributed by atoms with van der Waals surface area (Å²) >= 11 is 5.80. The van der Waals surface area contributed by atoms with Crippen LogP contribution in [0.4, 0.5) is 0 Å². The Morgan fingerprint density at radius 3 is 2.30 bits per heavy atom. The van der Waals surface area contributed by atoms with Crippen LogP contribution in [-0.4, -0.2) is 29.5 Å². The van der Waals surface area contributed by atoms with Gasteiger partial charge in [0.2, 0.25) is 5.91 Å². The van der Waals surface area contributed by atoms with Gasteiger partial charge in [-0.1, -0.05) is 11.6 Å². The van der Waals surface area contributed by atoms with E-state index in [0.29, 0.717) is 10.8 Å². The predicted octanol–water partition coefficient (Wildman–Crippen LogP) is 2.04. The predicted molar refractivity (Wildman–Crippen MR) is 85.3 cm³/mol. The normalized spacial score (nSPS) is 30.7. The molecule has 122 valence electrons. The molecule has 0 unspecified atom stereocenters. The van der Waals surface area contributed by atoms with Gasteiger partial charge < -0.3 is 15.4 Å². The zero-order valence-corrected chi connectivity index (χ0v) is 13.5. The second-order valence-electron chi connectivity index (χ2n) is 7.15. The number of hydrogen-bond donors (Lipinski definition) is 2. The van der Waals surface area contributed by atoms with Crippen molar-refractivity contribution in [2.24, 2.45) is 5.92 Å². The summed E-state index contributed by atoms with van der Waals surface area (Å²) in [5, 5.41) is 6.82. The highest BCUT2D eigenvalue weighted by molar-refractivity contribution is 6.30. The molecule has 2 bridgehead atoms. The molecular formula is C17H19ClN2O3. The maximum atomic E-state index is 12.0. The van der Waals surface area contributed by atoms with Crippen LogP contribution in [0.3, 0.4) is 0 Å². The monoisotopic (exact) mass is 334 g/mol. The first-order chi connectivity index (χ1) is 11.0. The van der Waals surface area contributed by atoms with Crippen molar-refractivity contribution in [1.82, 2.24) is 10.6 Å². The Bertz CT molecular complexity index is 635. The molecule has 0 atom stereocenters. The molecule has 4 fully saturated rings. The minimum atomic E-state index is -0.128. The highest BCUT2D eigenvalue weighted by Crippen LogP contribution is 2.60. The van der Waals surface area contributed by atoms with Gasteiger partial charge in [0.1, 0.15) is 5.75 Å². The van der Waals surface area contributed by atoms with E-state index >= 15 is 0 Å². The first-order valence-corrected chi connectivity index (χ1v) is 8.37. The molecule has 0 saturated heterocycles. The smallest absolute Gasteiger partial charge is 0.258 e. The first kappa shape index (κ1) is 14.8. The molecule has 23 heavy (non-hydrogen) atoms. The number of halogens is 1. The second-order valence-corrected chi connectivity index (χ2v) is 7.58. The van der Waals surface area contributed by atoms with E-state index < -0.39 is 0 Å². The number of hydrogen-bond acceptors (Lipinski definition) is 3. The fourth-order valence-electron chi connectivity index (χ4n) is 3.77. The van der Waals surface area contributed by atoms with E-state index in [4.69, 9.17) is 16.3 Å². The van der Waals surface area contributed by atoms with Gasteiger partial charge in [0, 0.05) is 22.0 Å². The third kappa shape index (κ3) is 2.90. The number of carbonyl (C=O) groups is 2. The molecule has 0 heterocycles. The van der Waals surface area contributed by atoms with E-state index in [1.54, 1.807) is 24.3 Å². The third-order valence-electron chi connectivity index (χ3n) is 4.95. The Kier molecular flexibility index (Phi) is 3.30. The number of carbonyl (C=O) groups excluding carboxylic acids is 2. The van der Waals surface area contributed by atoms with E-state index in [0.717, 1.165) is 32.1 Å². The van der Waals surface area contributed by atoms with Crippen LogP contribution < -0.4 is 15.4 Å². The highest BCUT2D eigenvalue weighted by atomic mass is 35.5. The van der Waals surface area contributed by atoms with Crippen LogP contribution in [0.15, 0.2) is 24.3 Å². The molecule has 0 aromatic heterocycles. The molecule has 6 heteroatoms. The van der Waals surface area contributed by atoms with Crippen LogP contribution in [0, 0.1) is 5.92 Å². The number of benzene rings is 1. The van der Waals surface area contributed by atoms with Gasteiger partial charge in [-0.2, -0.15) is 0 Å². The van der Waals surface area contributed by atoms with Crippen molar-refractivity contribution in [3.05, 3.63) is 29.3 Å². The average Bonchev–Trinajstić information content (AvgIpc) is 3.27. The number of rotatable bonds is 6. The third-order valence-corrected chi connectivity index (χ3v) is 5.21. The maximum absolute atomic E-state index is 12.0. The summed E-state index contributed by atoms with van der Waals surface area (Å²) in [5.74, 6) is 0.926.